The van der Waals surface area contributed by atoms with E-state index in [2.05, 4.69) is 13.8 Å². The average molecular weight is 290 g/mol. The quantitative estimate of drug-likeness (QED) is 0.820. The van der Waals surface area contributed by atoms with E-state index in [9.17, 15) is 4.79 Å². The molecule has 2 N–H and O–H groups in total. The molecule has 0 spiro atoms. The summed E-state index contributed by atoms with van der Waals surface area (Å²) >= 11 is 0. The number of ether oxygens (including phenoxy) is 1. The van der Waals surface area contributed by atoms with E-state index >= 15 is 0 Å². The molecule has 0 aromatic heterocycles. The standard InChI is InChI=1S/C17H26N2O2/c1-13-16(20)19(11-7-6-10-17(2,3)12-18)14-8-4-5-9-15(14)21-13/h4-5,8-9,13H,6-7,10-12,18H2,1-3H3. The lowest BCUT2D eigenvalue weighted by molar-refractivity contribution is -0.125. The number of carbonyl (C=O) groups is 1. The number of nitrogens with two attached hydrogens (primary N) is 1. The van der Waals surface area contributed by atoms with E-state index in [1.807, 2.05) is 36.1 Å². The highest BCUT2D eigenvalue weighted by Gasteiger charge is 2.30. The van der Waals surface area contributed by atoms with Gasteiger partial charge in [0.25, 0.3) is 5.91 Å². The molecule has 0 saturated carbocycles. The first-order valence-electron chi connectivity index (χ1n) is 7.72. The van der Waals surface area contributed by atoms with Crippen LogP contribution in [-0.4, -0.2) is 25.1 Å². The zero-order valence-corrected chi connectivity index (χ0v) is 13.3. The van der Waals surface area contributed by atoms with E-state index in [1.165, 1.54) is 0 Å². The van der Waals surface area contributed by atoms with Crippen LogP contribution in [0.1, 0.15) is 40.0 Å². The third-order valence-corrected chi connectivity index (χ3v) is 4.11. The molecule has 1 atom stereocenters. The van der Waals surface area contributed by atoms with Gasteiger partial charge in [-0.25, -0.2) is 0 Å². The van der Waals surface area contributed by atoms with Crippen molar-refractivity contribution in [2.45, 2.75) is 46.1 Å². The number of unbranched alkanes of at least 4 members (excludes halogenated alkanes) is 1. The zero-order valence-electron chi connectivity index (χ0n) is 13.3. The molecule has 0 saturated heterocycles. The van der Waals surface area contributed by atoms with Crippen molar-refractivity contribution in [1.82, 2.24) is 0 Å². The van der Waals surface area contributed by atoms with E-state index in [1.54, 1.807) is 0 Å². The van der Waals surface area contributed by atoms with Crippen molar-refractivity contribution in [2.24, 2.45) is 11.1 Å². The Morgan fingerprint density at radius 2 is 2.00 bits per heavy atom. The Morgan fingerprint density at radius 1 is 1.29 bits per heavy atom. The van der Waals surface area contributed by atoms with Crippen molar-refractivity contribution < 1.29 is 9.53 Å². The van der Waals surface area contributed by atoms with Gasteiger partial charge in [-0.05, 0) is 43.9 Å². The van der Waals surface area contributed by atoms with Gasteiger partial charge in [-0.3, -0.25) is 4.79 Å². The fourth-order valence-electron chi connectivity index (χ4n) is 2.57. The summed E-state index contributed by atoms with van der Waals surface area (Å²) in [5.41, 5.74) is 6.82. The lowest BCUT2D eigenvalue weighted by Crippen LogP contribution is -2.44. The van der Waals surface area contributed by atoms with Crippen molar-refractivity contribution in [1.29, 1.82) is 0 Å². The lowest BCUT2D eigenvalue weighted by atomic mass is 9.87. The lowest BCUT2D eigenvalue weighted by Gasteiger charge is -2.33. The van der Waals surface area contributed by atoms with Crippen LogP contribution in [0.4, 0.5) is 5.69 Å². The molecule has 4 heteroatoms. The van der Waals surface area contributed by atoms with Crippen LogP contribution in [0.3, 0.4) is 0 Å². The smallest absolute Gasteiger partial charge is 0.267 e. The molecule has 1 amide bonds. The summed E-state index contributed by atoms with van der Waals surface area (Å²) in [4.78, 5) is 14.2. The maximum Gasteiger partial charge on any atom is 0.267 e. The van der Waals surface area contributed by atoms with Gasteiger partial charge in [0.2, 0.25) is 0 Å². The number of nitrogens with zero attached hydrogens (tertiary/aromatic N) is 1. The fourth-order valence-corrected chi connectivity index (χ4v) is 2.57. The highest BCUT2D eigenvalue weighted by molar-refractivity contribution is 5.99. The Morgan fingerprint density at radius 3 is 2.71 bits per heavy atom. The molecule has 1 aliphatic rings. The maximum absolute atomic E-state index is 12.3. The molecule has 116 valence electrons. The summed E-state index contributed by atoms with van der Waals surface area (Å²) in [5.74, 6) is 0.846. The van der Waals surface area contributed by atoms with Gasteiger partial charge < -0.3 is 15.4 Å². The van der Waals surface area contributed by atoms with Crippen molar-refractivity contribution in [3.05, 3.63) is 24.3 Å². The Bertz CT molecular complexity index is 499. The van der Waals surface area contributed by atoms with Gasteiger partial charge in [0.15, 0.2) is 6.10 Å². The molecule has 0 bridgehead atoms. The highest BCUT2D eigenvalue weighted by Crippen LogP contribution is 2.34. The van der Waals surface area contributed by atoms with E-state index in [0.29, 0.717) is 6.54 Å². The molecule has 0 radical (unpaired) electrons. The Hall–Kier alpha value is -1.55. The second kappa shape index (κ2) is 6.48. The number of benzene rings is 1. The van der Waals surface area contributed by atoms with Crippen LogP contribution >= 0.6 is 0 Å². The number of hydrogen-bond acceptors (Lipinski definition) is 3. The summed E-state index contributed by atoms with van der Waals surface area (Å²) in [5, 5.41) is 0. The minimum atomic E-state index is -0.402. The monoisotopic (exact) mass is 290 g/mol. The Labute approximate surface area is 127 Å². The molecule has 1 aromatic carbocycles. The highest BCUT2D eigenvalue weighted by atomic mass is 16.5. The van der Waals surface area contributed by atoms with Crippen molar-refractivity contribution >= 4 is 11.6 Å². The minimum absolute atomic E-state index is 0.0479. The number of hydrogen-bond donors (Lipinski definition) is 1. The first-order chi connectivity index (χ1) is 9.94. The second-order valence-corrected chi connectivity index (χ2v) is 6.54. The zero-order chi connectivity index (χ0) is 15.5. The topological polar surface area (TPSA) is 55.6 Å². The minimum Gasteiger partial charge on any atom is -0.479 e. The molecular formula is C17H26N2O2. The van der Waals surface area contributed by atoms with Crippen molar-refractivity contribution in [3.8, 4) is 5.75 Å². The second-order valence-electron chi connectivity index (χ2n) is 6.54. The molecule has 21 heavy (non-hydrogen) atoms. The normalized spacial score (nSPS) is 18.4. The first-order valence-corrected chi connectivity index (χ1v) is 7.72. The van der Waals surface area contributed by atoms with Crippen LogP contribution in [0, 0.1) is 5.41 Å². The molecule has 4 nitrogen and oxygen atoms in total. The van der Waals surface area contributed by atoms with Crippen LogP contribution in [0.25, 0.3) is 0 Å². The summed E-state index contributed by atoms with van der Waals surface area (Å²) < 4.78 is 5.64. The van der Waals surface area contributed by atoms with Gasteiger partial charge in [-0.1, -0.05) is 32.4 Å². The maximum atomic E-state index is 12.3. The van der Waals surface area contributed by atoms with Crippen LogP contribution in [0.15, 0.2) is 24.3 Å². The summed E-state index contributed by atoms with van der Waals surface area (Å²) in [7, 11) is 0. The van der Waals surface area contributed by atoms with Gasteiger partial charge in [0, 0.05) is 6.54 Å². The predicted octanol–water partition coefficient (Wildman–Crippen LogP) is 2.96. The molecule has 0 fully saturated rings. The largest absolute Gasteiger partial charge is 0.479 e. The Balaban J connectivity index is 1.97. The number of carbonyl (C=O) groups excluding carboxylic acids is 1. The van der Waals surface area contributed by atoms with Crippen molar-refractivity contribution in [3.63, 3.8) is 0 Å². The Kier molecular flexibility index (Phi) is 4.88. The van der Waals surface area contributed by atoms with E-state index in [-0.39, 0.29) is 11.3 Å². The van der Waals surface area contributed by atoms with Crippen LogP contribution < -0.4 is 15.4 Å². The predicted molar refractivity (Wildman–Crippen MR) is 85.6 cm³/mol. The van der Waals surface area contributed by atoms with Gasteiger partial charge in [0.1, 0.15) is 5.75 Å². The molecule has 1 unspecified atom stereocenters. The first kappa shape index (κ1) is 15.8. The van der Waals surface area contributed by atoms with Crippen LogP contribution in [-0.2, 0) is 4.79 Å². The van der Waals surface area contributed by atoms with E-state index in [0.717, 1.165) is 37.2 Å². The van der Waals surface area contributed by atoms with Gasteiger partial charge in [-0.2, -0.15) is 0 Å². The third kappa shape index (κ3) is 3.76. The van der Waals surface area contributed by atoms with Crippen LogP contribution in [0.2, 0.25) is 0 Å². The number of para-hydroxylation sites is 2. The molecule has 1 heterocycles. The van der Waals surface area contributed by atoms with E-state index in [4.69, 9.17) is 10.5 Å². The molecule has 1 aliphatic heterocycles. The number of fused-ring (bicyclic) bond motifs is 1. The van der Waals surface area contributed by atoms with Gasteiger partial charge in [-0.15, -0.1) is 0 Å². The number of anilines is 1. The van der Waals surface area contributed by atoms with Crippen molar-refractivity contribution in [2.75, 3.05) is 18.0 Å². The third-order valence-electron chi connectivity index (χ3n) is 4.11. The van der Waals surface area contributed by atoms with Crippen LogP contribution in [0.5, 0.6) is 5.75 Å². The van der Waals surface area contributed by atoms with Gasteiger partial charge in [0.05, 0.1) is 5.69 Å². The number of amides is 1. The molecule has 0 aliphatic carbocycles. The SMILES string of the molecule is CC1Oc2ccccc2N(CCCCC(C)(C)CN)C1=O. The molecule has 1 aromatic rings. The molecular weight excluding hydrogens is 264 g/mol. The van der Waals surface area contributed by atoms with E-state index < -0.39 is 6.10 Å². The summed E-state index contributed by atoms with van der Waals surface area (Å²) in [6.45, 7) is 7.62. The summed E-state index contributed by atoms with van der Waals surface area (Å²) in [6, 6.07) is 7.74. The average Bonchev–Trinajstić information content (AvgIpc) is 2.47. The molecule has 2 rings (SSSR count). The number of rotatable bonds is 6. The summed E-state index contributed by atoms with van der Waals surface area (Å²) in [6.07, 6.45) is 2.74. The van der Waals surface area contributed by atoms with Gasteiger partial charge >= 0.3 is 0 Å². The fraction of sp³-hybridized carbons (Fsp3) is 0.588.